The molecule has 1 aromatic rings. The summed E-state index contributed by atoms with van der Waals surface area (Å²) in [6.45, 7) is 0.383. The van der Waals surface area contributed by atoms with Crippen molar-refractivity contribution in [2.45, 2.75) is 29.3 Å². The summed E-state index contributed by atoms with van der Waals surface area (Å²) in [5.41, 5.74) is 0. The van der Waals surface area contributed by atoms with Gasteiger partial charge in [0.2, 0.25) is 5.91 Å². The Balaban J connectivity index is 1.63. The molecule has 2 N–H and O–H groups in total. The van der Waals surface area contributed by atoms with E-state index in [1.807, 2.05) is 17.5 Å². The number of carbonyl (C=O) groups excluding carboxylic acids is 1. The molecule has 2 rings (SSSR count). The van der Waals surface area contributed by atoms with Crippen LogP contribution >= 0.6 is 23.1 Å². The summed E-state index contributed by atoms with van der Waals surface area (Å²) in [7, 11) is 0. The van der Waals surface area contributed by atoms with Gasteiger partial charge < -0.3 is 15.2 Å². The molecule has 2 atom stereocenters. The average Bonchev–Trinajstić information content (AvgIpc) is 3.05. The summed E-state index contributed by atoms with van der Waals surface area (Å²) in [5.74, 6) is -0.613. The van der Waals surface area contributed by atoms with Crippen LogP contribution < -0.4 is 5.32 Å². The zero-order valence-electron chi connectivity index (χ0n) is 10.2. The average molecular weight is 301 g/mol. The number of carbonyl (C=O) groups is 2. The highest BCUT2D eigenvalue weighted by Gasteiger charge is 2.30. The summed E-state index contributed by atoms with van der Waals surface area (Å²) < 4.78 is 6.41. The summed E-state index contributed by atoms with van der Waals surface area (Å²) in [4.78, 5) is 22.3. The van der Waals surface area contributed by atoms with Crippen LogP contribution in [0.3, 0.4) is 0 Å². The maximum atomic E-state index is 11.6. The Hall–Kier alpha value is -1.05. The van der Waals surface area contributed by atoms with Crippen LogP contribution in [0.1, 0.15) is 12.8 Å². The molecule has 1 amide bonds. The third kappa shape index (κ3) is 4.52. The second kappa shape index (κ2) is 6.93. The van der Waals surface area contributed by atoms with E-state index < -0.39 is 12.1 Å². The molecule has 7 heteroatoms. The molecule has 1 aliphatic heterocycles. The third-order valence-corrected chi connectivity index (χ3v) is 4.88. The first-order valence-corrected chi connectivity index (χ1v) is 7.83. The molecular weight excluding hydrogens is 286 g/mol. The Morgan fingerprint density at radius 3 is 3.00 bits per heavy atom. The van der Waals surface area contributed by atoms with Gasteiger partial charge in [-0.05, 0) is 24.3 Å². The molecule has 1 aromatic heterocycles. The molecule has 1 aliphatic rings. The van der Waals surface area contributed by atoms with E-state index in [4.69, 9.17) is 9.84 Å². The van der Waals surface area contributed by atoms with Gasteiger partial charge in [-0.25, -0.2) is 4.79 Å². The monoisotopic (exact) mass is 301 g/mol. The van der Waals surface area contributed by atoms with E-state index in [9.17, 15) is 9.59 Å². The summed E-state index contributed by atoms with van der Waals surface area (Å²) in [6, 6.07) is 3.92. The predicted molar refractivity (Wildman–Crippen MR) is 73.6 cm³/mol. The van der Waals surface area contributed by atoms with Gasteiger partial charge in [0.1, 0.15) is 0 Å². The van der Waals surface area contributed by atoms with Crippen molar-refractivity contribution in [3.05, 3.63) is 17.5 Å². The molecule has 19 heavy (non-hydrogen) atoms. The number of nitrogens with one attached hydrogen (secondary N) is 1. The van der Waals surface area contributed by atoms with E-state index >= 15 is 0 Å². The third-order valence-electron chi connectivity index (χ3n) is 2.75. The lowest BCUT2D eigenvalue weighted by Gasteiger charge is -2.12. The Morgan fingerprint density at radius 1 is 1.53 bits per heavy atom. The van der Waals surface area contributed by atoms with Gasteiger partial charge in [-0.3, -0.25) is 4.79 Å². The number of thiophene rings is 1. The van der Waals surface area contributed by atoms with Crippen LogP contribution in [0.15, 0.2) is 21.7 Å². The van der Waals surface area contributed by atoms with E-state index in [1.165, 1.54) is 11.8 Å². The molecule has 0 spiro atoms. The lowest BCUT2D eigenvalue weighted by Crippen LogP contribution is -2.34. The summed E-state index contributed by atoms with van der Waals surface area (Å²) in [6.07, 6.45) is 0.286. The molecule has 2 heterocycles. The Morgan fingerprint density at radius 2 is 2.37 bits per heavy atom. The zero-order valence-corrected chi connectivity index (χ0v) is 11.8. The number of aliphatic carboxylic acids is 1. The van der Waals surface area contributed by atoms with Gasteiger partial charge in [-0.2, -0.15) is 0 Å². The largest absolute Gasteiger partial charge is 0.479 e. The normalized spacial score (nSPS) is 22.3. The van der Waals surface area contributed by atoms with Gasteiger partial charge in [-0.15, -0.1) is 23.1 Å². The minimum absolute atomic E-state index is 0.0548. The molecule has 104 valence electrons. The zero-order chi connectivity index (χ0) is 13.7. The molecule has 0 radical (unpaired) electrons. The highest BCUT2D eigenvalue weighted by molar-refractivity contribution is 8.01. The van der Waals surface area contributed by atoms with Crippen molar-refractivity contribution < 1.29 is 19.4 Å². The molecule has 5 nitrogen and oxygen atoms in total. The standard InChI is InChI=1S/C12H15NO4S2/c14-10(7-19-11-2-1-5-18-11)13-6-8-3-4-9(17-8)12(15)16/h1-2,5,8-9H,3-4,6-7H2,(H,13,14)(H,15,16). The fourth-order valence-corrected chi connectivity index (χ4v) is 3.41. The van der Waals surface area contributed by atoms with E-state index in [1.54, 1.807) is 11.3 Å². The number of ether oxygens (including phenoxy) is 1. The fourth-order valence-electron chi connectivity index (χ4n) is 1.80. The number of carboxylic acid groups (broad SMARTS) is 1. The Bertz CT molecular complexity index is 435. The lowest BCUT2D eigenvalue weighted by atomic mass is 10.2. The molecule has 0 saturated carbocycles. The van der Waals surface area contributed by atoms with Crippen LogP contribution in [0.4, 0.5) is 0 Å². The number of thioether (sulfide) groups is 1. The van der Waals surface area contributed by atoms with Crippen LogP contribution in [-0.2, 0) is 14.3 Å². The van der Waals surface area contributed by atoms with Gasteiger partial charge >= 0.3 is 5.97 Å². The Kier molecular flexibility index (Phi) is 5.24. The second-order valence-electron chi connectivity index (χ2n) is 4.19. The summed E-state index contributed by atoms with van der Waals surface area (Å²) in [5, 5.41) is 13.5. The van der Waals surface area contributed by atoms with Crippen LogP contribution in [-0.4, -0.2) is 41.5 Å². The predicted octanol–water partition coefficient (Wildman–Crippen LogP) is 1.59. The highest BCUT2D eigenvalue weighted by Crippen LogP contribution is 2.23. The number of amides is 1. The quantitative estimate of drug-likeness (QED) is 0.780. The van der Waals surface area contributed by atoms with Gasteiger partial charge in [0.15, 0.2) is 6.10 Å². The second-order valence-corrected chi connectivity index (χ2v) is 6.41. The molecular formula is C12H15NO4S2. The van der Waals surface area contributed by atoms with Crippen molar-refractivity contribution in [3.8, 4) is 0 Å². The molecule has 0 bridgehead atoms. The maximum Gasteiger partial charge on any atom is 0.332 e. The van der Waals surface area contributed by atoms with E-state index in [-0.39, 0.29) is 12.0 Å². The van der Waals surface area contributed by atoms with Crippen LogP contribution in [0.25, 0.3) is 0 Å². The number of carboxylic acids is 1. The summed E-state index contributed by atoms with van der Waals surface area (Å²) >= 11 is 3.10. The van der Waals surface area contributed by atoms with Gasteiger partial charge in [-0.1, -0.05) is 6.07 Å². The van der Waals surface area contributed by atoms with Gasteiger partial charge in [0, 0.05) is 6.54 Å². The smallest absolute Gasteiger partial charge is 0.332 e. The molecule has 2 unspecified atom stereocenters. The van der Waals surface area contributed by atoms with Crippen molar-refractivity contribution in [3.63, 3.8) is 0 Å². The van der Waals surface area contributed by atoms with Crippen molar-refractivity contribution in [1.29, 1.82) is 0 Å². The van der Waals surface area contributed by atoms with Gasteiger partial charge in [0.25, 0.3) is 0 Å². The van der Waals surface area contributed by atoms with E-state index in [0.717, 1.165) is 4.21 Å². The molecule has 0 aromatic carbocycles. The van der Waals surface area contributed by atoms with Crippen molar-refractivity contribution >= 4 is 35.0 Å². The van der Waals surface area contributed by atoms with Crippen LogP contribution in [0.2, 0.25) is 0 Å². The van der Waals surface area contributed by atoms with Crippen LogP contribution in [0.5, 0.6) is 0 Å². The highest BCUT2D eigenvalue weighted by atomic mass is 32.2. The number of hydrogen-bond donors (Lipinski definition) is 2. The minimum Gasteiger partial charge on any atom is -0.479 e. The maximum absolute atomic E-state index is 11.6. The molecule has 0 aliphatic carbocycles. The first kappa shape index (κ1) is 14.4. The minimum atomic E-state index is -0.929. The van der Waals surface area contributed by atoms with Gasteiger partial charge in [0.05, 0.1) is 16.1 Å². The molecule has 1 saturated heterocycles. The number of hydrogen-bond acceptors (Lipinski definition) is 5. The number of rotatable bonds is 6. The first-order chi connectivity index (χ1) is 9.15. The first-order valence-electron chi connectivity index (χ1n) is 5.96. The SMILES string of the molecule is O=C(CSc1cccs1)NCC1CCC(C(=O)O)O1. The van der Waals surface area contributed by atoms with Crippen LogP contribution in [0, 0.1) is 0 Å². The van der Waals surface area contributed by atoms with Crippen molar-refractivity contribution in [2.75, 3.05) is 12.3 Å². The topological polar surface area (TPSA) is 75.6 Å². The van der Waals surface area contributed by atoms with Crippen molar-refractivity contribution in [2.24, 2.45) is 0 Å². The van der Waals surface area contributed by atoms with E-state index in [2.05, 4.69) is 5.32 Å². The molecule has 1 fully saturated rings. The lowest BCUT2D eigenvalue weighted by molar-refractivity contribution is -0.149. The van der Waals surface area contributed by atoms with E-state index in [0.29, 0.717) is 25.1 Å². The fraction of sp³-hybridized carbons (Fsp3) is 0.500. The Labute approximate surface area is 119 Å². The van der Waals surface area contributed by atoms with Crippen molar-refractivity contribution in [1.82, 2.24) is 5.32 Å².